The van der Waals surface area contributed by atoms with Crippen LogP contribution < -0.4 is 10.5 Å². The maximum absolute atomic E-state index is 12.5. The number of aromatic hydroxyl groups is 1. The van der Waals surface area contributed by atoms with E-state index < -0.39 is 0 Å². The molecule has 0 radical (unpaired) electrons. The fourth-order valence-electron chi connectivity index (χ4n) is 3.14. The second-order valence-electron chi connectivity index (χ2n) is 6.95. The lowest BCUT2D eigenvalue weighted by Crippen LogP contribution is -2.04. The Morgan fingerprint density at radius 1 is 1.04 bits per heavy atom. The van der Waals surface area contributed by atoms with Gasteiger partial charge in [-0.3, -0.25) is 4.79 Å². The third kappa shape index (κ3) is 5.38. The van der Waals surface area contributed by atoms with Gasteiger partial charge in [0.25, 0.3) is 0 Å². The van der Waals surface area contributed by atoms with Gasteiger partial charge in [0.05, 0.1) is 12.2 Å². The Balaban J connectivity index is 2.48. The third-order valence-corrected chi connectivity index (χ3v) is 4.53. The van der Waals surface area contributed by atoms with Gasteiger partial charge < -0.3 is 15.6 Å². The SMILES string of the molecule is CCCOc1c(CCC)cc(CCC)c(O)c1C=CC(=O)c1ccc(N)cc1. The van der Waals surface area contributed by atoms with Gasteiger partial charge in [0, 0.05) is 11.3 Å². The zero-order chi connectivity index (χ0) is 20.5. The van der Waals surface area contributed by atoms with Gasteiger partial charge in [0.2, 0.25) is 0 Å². The van der Waals surface area contributed by atoms with Gasteiger partial charge in [0.1, 0.15) is 11.5 Å². The smallest absolute Gasteiger partial charge is 0.185 e. The number of carbonyl (C=O) groups excluding carboxylic acids is 1. The first-order chi connectivity index (χ1) is 13.5. The van der Waals surface area contributed by atoms with Crippen LogP contribution in [0.5, 0.6) is 11.5 Å². The molecule has 0 amide bonds. The number of carbonyl (C=O) groups is 1. The Labute approximate surface area is 168 Å². The average Bonchev–Trinajstić information content (AvgIpc) is 2.69. The molecule has 0 heterocycles. The normalized spacial score (nSPS) is 11.1. The highest BCUT2D eigenvalue weighted by atomic mass is 16.5. The molecule has 0 saturated carbocycles. The van der Waals surface area contributed by atoms with Crippen molar-refractivity contribution in [1.82, 2.24) is 0 Å². The molecule has 2 aromatic carbocycles. The fraction of sp³-hybridized carbons (Fsp3) is 0.375. The molecular weight excluding hydrogens is 350 g/mol. The Morgan fingerprint density at radius 2 is 1.68 bits per heavy atom. The summed E-state index contributed by atoms with van der Waals surface area (Å²) in [6.45, 7) is 6.82. The lowest BCUT2D eigenvalue weighted by Gasteiger charge is -2.18. The van der Waals surface area contributed by atoms with Gasteiger partial charge in [0.15, 0.2) is 5.78 Å². The summed E-state index contributed by atoms with van der Waals surface area (Å²) < 4.78 is 6.00. The van der Waals surface area contributed by atoms with Crippen molar-refractivity contribution in [2.45, 2.75) is 52.9 Å². The number of nitrogen functional groups attached to an aromatic ring is 1. The van der Waals surface area contributed by atoms with Crippen LogP contribution in [-0.2, 0) is 12.8 Å². The minimum Gasteiger partial charge on any atom is -0.507 e. The second-order valence-corrected chi connectivity index (χ2v) is 6.95. The molecule has 0 atom stereocenters. The molecular formula is C24H31NO3. The average molecular weight is 382 g/mol. The molecule has 4 heteroatoms. The summed E-state index contributed by atoms with van der Waals surface area (Å²) in [6, 6.07) is 8.86. The Bertz CT molecular complexity index is 823. The van der Waals surface area contributed by atoms with Crippen LogP contribution in [0.2, 0.25) is 0 Å². The summed E-state index contributed by atoms with van der Waals surface area (Å²) in [7, 11) is 0. The maximum Gasteiger partial charge on any atom is 0.185 e. The van der Waals surface area contributed by atoms with Crippen molar-refractivity contribution < 1.29 is 14.6 Å². The quantitative estimate of drug-likeness (QED) is 0.321. The number of ether oxygens (including phenoxy) is 1. The highest BCUT2D eigenvalue weighted by molar-refractivity contribution is 6.07. The second kappa shape index (κ2) is 10.5. The molecule has 0 fully saturated rings. The first-order valence-electron chi connectivity index (χ1n) is 10.1. The predicted molar refractivity (Wildman–Crippen MR) is 116 cm³/mol. The first-order valence-corrected chi connectivity index (χ1v) is 10.1. The van der Waals surface area contributed by atoms with E-state index in [4.69, 9.17) is 10.5 Å². The molecule has 0 saturated heterocycles. The molecule has 150 valence electrons. The van der Waals surface area contributed by atoms with Crippen LogP contribution in [-0.4, -0.2) is 17.5 Å². The number of nitrogens with two attached hydrogens (primary N) is 1. The molecule has 0 aliphatic heterocycles. The summed E-state index contributed by atoms with van der Waals surface area (Å²) in [5.74, 6) is 0.746. The third-order valence-electron chi connectivity index (χ3n) is 4.53. The molecule has 0 bridgehead atoms. The molecule has 28 heavy (non-hydrogen) atoms. The minimum absolute atomic E-state index is 0.140. The monoisotopic (exact) mass is 381 g/mol. The van der Waals surface area contributed by atoms with E-state index in [1.165, 1.54) is 6.08 Å². The van der Waals surface area contributed by atoms with E-state index in [0.717, 1.165) is 43.2 Å². The van der Waals surface area contributed by atoms with Crippen LogP contribution in [0.3, 0.4) is 0 Å². The Hall–Kier alpha value is -2.75. The van der Waals surface area contributed by atoms with E-state index in [2.05, 4.69) is 13.8 Å². The summed E-state index contributed by atoms with van der Waals surface area (Å²) in [4.78, 5) is 12.5. The van der Waals surface area contributed by atoms with E-state index in [-0.39, 0.29) is 11.5 Å². The molecule has 3 N–H and O–H groups in total. The number of benzene rings is 2. The zero-order valence-corrected chi connectivity index (χ0v) is 17.1. The van der Waals surface area contributed by atoms with Crippen LogP contribution in [0.15, 0.2) is 36.4 Å². The van der Waals surface area contributed by atoms with Crippen LogP contribution >= 0.6 is 0 Å². The lowest BCUT2D eigenvalue weighted by atomic mass is 9.96. The number of ketones is 1. The number of hydrogen-bond acceptors (Lipinski definition) is 4. The van der Waals surface area contributed by atoms with Crippen molar-refractivity contribution in [3.8, 4) is 11.5 Å². The van der Waals surface area contributed by atoms with Gasteiger partial charge >= 0.3 is 0 Å². The number of phenols is 1. The number of anilines is 1. The number of rotatable bonds is 10. The molecule has 0 aromatic heterocycles. The van der Waals surface area contributed by atoms with Crippen LogP contribution in [0.4, 0.5) is 5.69 Å². The topological polar surface area (TPSA) is 72.5 Å². The summed E-state index contributed by atoms with van der Waals surface area (Å²) in [5, 5.41) is 10.9. The molecule has 4 nitrogen and oxygen atoms in total. The van der Waals surface area contributed by atoms with Gasteiger partial charge in [-0.15, -0.1) is 0 Å². The highest BCUT2D eigenvalue weighted by Crippen LogP contribution is 2.38. The largest absolute Gasteiger partial charge is 0.507 e. The van der Waals surface area contributed by atoms with Gasteiger partial charge in [-0.25, -0.2) is 0 Å². The van der Waals surface area contributed by atoms with Crippen molar-refractivity contribution >= 4 is 17.5 Å². The van der Waals surface area contributed by atoms with Gasteiger partial charge in [-0.05, 0) is 72.9 Å². The van der Waals surface area contributed by atoms with Gasteiger partial charge in [-0.1, -0.05) is 33.6 Å². The van der Waals surface area contributed by atoms with Crippen molar-refractivity contribution in [1.29, 1.82) is 0 Å². The molecule has 0 aliphatic rings. The number of allylic oxidation sites excluding steroid dienone is 1. The Kier molecular flexibility index (Phi) is 8.12. The van der Waals surface area contributed by atoms with E-state index in [1.807, 2.05) is 13.0 Å². The first kappa shape index (κ1) is 21.5. The van der Waals surface area contributed by atoms with Crippen molar-refractivity contribution in [3.05, 3.63) is 58.7 Å². The number of hydrogen-bond donors (Lipinski definition) is 2. The molecule has 0 aliphatic carbocycles. The van der Waals surface area contributed by atoms with Crippen molar-refractivity contribution in [2.75, 3.05) is 12.3 Å². The van der Waals surface area contributed by atoms with Crippen LogP contribution in [0.1, 0.15) is 67.1 Å². The standard InChI is InChI=1S/C24H31NO3/c1-4-7-18-16-19(8-5-2)24(28-15-6-3)21(23(18)27)13-14-22(26)17-9-11-20(25)12-10-17/h9-14,16,27H,4-8,15,25H2,1-3H3. The van der Waals surface area contributed by atoms with Gasteiger partial charge in [-0.2, -0.15) is 0 Å². The molecule has 0 spiro atoms. The van der Waals surface area contributed by atoms with Crippen molar-refractivity contribution in [3.63, 3.8) is 0 Å². The van der Waals surface area contributed by atoms with E-state index in [1.54, 1.807) is 30.3 Å². The van der Waals surface area contributed by atoms with Crippen LogP contribution in [0, 0.1) is 0 Å². The zero-order valence-electron chi connectivity index (χ0n) is 17.1. The van der Waals surface area contributed by atoms with E-state index >= 15 is 0 Å². The molecule has 0 unspecified atom stereocenters. The maximum atomic E-state index is 12.5. The van der Waals surface area contributed by atoms with Crippen molar-refractivity contribution in [2.24, 2.45) is 0 Å². The minimum atomic E-state index is -0.140. The number of phenolic OH excluding ortho intramolecular Hbond substituents is 1. The summed E-state index contributed by atoms with van der Waals surface area (Å²) >= 11 is 0. The molecule has 2 aromatic rings. The summed E-state index contributed by atoms with van der Waals surface area (Å²) in [5.41, 5.74) is 9.43. The number of aryl methyl sites for hydroxylation is 2. The van der Waals surface area contributed by atoms with E-state index in [0.29, 0.717) is 29.2 Å². The predicted octanol–water partition coefficient (Wildman–Crippen LogP) is 5.56. The Morgan fingerprint density at radius 3 is 2.29 bits per heavy atom. The summed E-state index contributed by atoms with van der Waals surface area (Å²) in [6.07, 6.45) is 7.60. The lowest BCUT2D eigenvalue weighted by molar-refractivity contribution is 0.104. The van der Waals surface area contributed by atoms with Crippen LogP contribution in [0.25, 0.3) is 6.08 Å². The molecule has 2 rings (SSSR count). The fourth-order valence-corrected chi connectivity index (χ4v) is 3.14. The van der Waals surface area contributed by atoms with E-state index in [9.17, 15) is 9.90 Å². The highest BCUT2D eigenvalue weighted by Gasteiger charge is 2.17.